The third-order valence-electron chi connectivity index (χ3n) is 3.45. The molecular formula is C12H22N2O3. The van der Waals surface area contributed by atoms with Crippen LogP contribution in [0.4, 0.5) is 0 Å². The maximum atomic E-state index is 11.8. The first-order valence-electron chi connectivity index (χ1n) is 6.24. The molecule has 0 heterocycles. The lowest BCUT2D eigenvalue weighted by molar-refractivity contribution is -0.139. The fourth-order valence-electron chi connectivity index (χ4n) is 2.12. The van der Waals surface area contributed by atoms with E-state index in [1.54, 1.807) is 4.90 Å². The van der Waals surface area contributed by atoms with Crippen LogP contribution in [0, 0.1) is 0 Å². The van der Waals surface area contributed by atoms with Gasteiger partial charge in [0.15, 0.2) is 0 Å². The third kappa shape index (κ3) is 4.34. The molecule has 0 aromatic rings. The second kappa shape index (κ2) is 6.59. The van der Waals surface area contributed by atoms with E-state index in [1.165, 1.54) is 26.2 Å². The minimum Gasteiger partial charge on any atom is -0.480 e. The Bertz CT molecular complexity index is 275. The van der Waals surface area contributed by atoms with Gasteiger partial charge in [-0.3, -0.25) is 14.9 Å². The molecule has 1 atom stereocenters. The van der Waals surface area contributed by atoms with Gasteiger partial charge in [0, 0.05) is 13.1 Å². The molecule has 0 radical (unpaired) electrons. The molecule has 5 nitrogen and oxygen atoms in total. The maximum Gasteiger partial charge on any atom is 0.320 e. The Kier molecular flexibility index (Phi) is 5.41. The molecule has 1 fully saturated rings. The Labute approximate surface area is 102 Å². The van der Waals surface area contributed by atoms with E-state index in [1.807, 2.05) is 7.05 Å². The van der Waals surface area contributed by atoms with E-state index < -0.39 is 12.0 Å². The maximum absolute atomic E-state index is 11.8. The second-order valence-corrected chi connectivity index (χ2v) is 4.74. The summed E-state index contributed by atoms with van der Waals surface area (Å²) < 4.78 is 0. The zero-order valence-electron chi connectivity index (χ0n) is 10.6. The van der Waals surface area contributed by atoms with Crippen molar-refractivity contribution in [2.24, 2.45) is 0 Å². The Hall–Kier alpha value is -1.10. The zero-order chi connectivity index (χ0) is 12.8. The summed E-state index contributed by atoms with van der Waals surface area (Å²) >= 11 is 0. The van der Waals surface area contributed by atoms with Crippen molar-refractivity contribution < 1.29 is 14.7 Å². The van der Waals surface area contributed by atoms with Crippen molar-refractivity contribution in [3.63, 3.8) is 0 Å². The molecule has 1 aliphatic carbocycles. The highest BCUT2D eigenvalue weighted by atomic mass is 16.4. The molecule has 0 aliphatic heterocycles. The summed E-state index contributed by atoms with van der Waals surface area (Å²) in [6.45, 7) is 1.64. The molecule has 0 unspecified atom stereocenters. The van der Waals surface area contributed by atoms with Gasteiger partial charge in [0.05, 0.1) is 6.54 Å². The van der Waals surface area contributed by atoms with E-state index in [9.17, 15) is 9.59 Å². The highest BCUT2D eigenvalue weighted by Gasteiger charge is 2.22. The van der Waals surface area contributed by atoms with Crippen molar-refractivity contribution in [1.29, 1.82) is 0 Å². The van der Waals surface area contributed by atoms with E-state index in [2.05, 4.69) is 5.32 Å². The lowest BCUT2D eigenvalue weighted by Crippen LogP contribution is -2.46. The Morgan fingerprint density at radius 1 is 1.35 bits per heavy atom. The van der Waals surface area contributed by atoms with Gasteiger partial charge in [0.2, 0.25) is 5.91 Å². The molecule has 0 saturated heterocycles. The molecule has 1 aliphatic rings. The molecule has 2 N–H and O–H groups in total. The normalized spacial score (nSPS) is 18.7. The number of carbonyl (C=O) groups excluding carboxylic acids is 1. The van der Waals surface area contributed by atoms with Crippen molar-refractivity contribution in [3.8, 4) is 0 Å². The van der Waals surface area contributed by atoms with Crippen LogP contribution in [0.3, 0.4) is 0 Å². The Balaban J connectivity index is 2.33. The van der Waals surface area contributed by atoms with Crippen LogP contribution in [0.5, 0.6) is 0 Å². The first kappa shape index (κ1) is 14.0. The van der Waals surface area contributed by atoms with Crippen LogP contribution in [0.15, 0.2) is 0 Å². The van der Waals surface area contributed by atoms with Crippen molar-refractivity contribution in [1.82, 2.24) is 10.2 Å². The minimum absolute atomic E-state index is 0.0231. The molecule has 1 amide bonds. The number of rotatable bonds is 5. The van der Waals surface area contributed by atoms with Gasteiger partial charge in [-0.15, -0.1) is 0 Å². The molecule has 1 rings (SSSR count). The van der Waals surface area contributed by atoms with Crippen LogP contribution >= 0.6 is 0 Å². The highest BCUT2D eigenvalue weighted by molar-refractivity contribution is 5.80. The fraction of sp³-hybridized carbons (Fsp3) is 0.833. The molecule has 5 heteroatoms. The number of amides is 1. The number of carboxylic acid groups (broad SMARTS) is 1. The lowest BCUT2D eigenvalue weighted by Gasteiger charge is -2.31. The third-order valence-corrected chi connectivity index (χ3v) is 3.45. The molecule has 0 aromatic carbocycles. The van der Waals surface area contributed by atoms with Crippen molar-refractivity contribution in [2.75, 3.05) is 13.6 Å². The monoisotopic (exact) mass is 242 g/mol. The smallest absolute Gasteiger partial charge is 0.320 e. The number of aliphatic carboxylic acids is 1. The average molecular weight is 242 g/mol. The van der Waals surface area contributed by atoms with Gasteiger partial charge >= 0.3 is 5.97 Å². The molecule has 0 bridgehead atoms. The van der Waals surface area contributed by atoms with Crippen molar-refractivity contribution in [3.05, 3.63) is 0 Å². The highest BCUT2D eigenvalue weighted by Crippen LogP contribution is 2.21. The number of likely N-dealkylation sites (N-methyl/N-ethyl adjacent to an activating group) is 1. The first-order valence-corrected chi connectivity index (χ1v) is 6.24. The number of hydrogen-bond acceptors (Lipinski definition) is 3. The van der Waals surface area contributed by atoms with Gasteiger partial charge in [0.1, 0.15) is 6.04 Å². The topological polar surface area (TPSA) is 69.6 Å². The van der Waals surface area contributed by atoms with E-state index in [0.717, 1.165) is 12.8 Å². The number of nitrogens with zero attached hydrogens (tertiary/aromatic N) is 1. The Morgan fingerprint density at radius 3 is 2.47 bits per heavy atom. The number of carbonyl (C=O) groups is 2. The molecule has 1 saturated carbocycles. The van der Waals surface area contributed by atoms with Gasteiger partial charge in [-0.1, -0.05) is 19.3 Å². The summed E-state index contributed by atoms with van der Waals surface area (Å²) in [7, 11) is 1.81. The minimum atomic E-state index is -0.932. The number of carboxylic acids is 1. The summed E-state index contributed by atoms with van der Waals surface area (Å²) in [6, 6.07) is -0.350. The van der Waals surface area contributed by atoms with Crippen LogP contribution < -0.4 is 5.32 Å². The first-order chi connectivity index (χ1) is 8.02. The number of nitrogens with one attached hydrogen (secondary N) is 1. The molecular weight excluding hydrogens is 220 g/mol. The second-order valence-electron chi connectivity index (χ2n) is 4.74. The summed E-state index contributed by atoms with van der Waals surface area (Å²) in [5.41, 5.74) is 0. The standard InChI is InChI=1S/C12H22N2O3/c1-9(12(16)17)13-8-11(15)14(2)10-6-4-3-5-7-10/h9-10,13H,3-8H2,1-2H3,(H,16,17)/t9-/m0/s1. The van der Waals surface area contributed by atoms with Crippen LogP contribution in [0.2, 0.25) is 0 Å². The van der Waals surface area contributed by atoms with Gasteiger partial charge in [-0.25, -0.2) is 0 Å². The van der Waals surface area contributed by atoms with E-state index >= 15 is 0 Å². The van der Waals surface area contributed by atoms with E-state index in [0.29, 0.717) is 6.04 Å². The predicted molar refractivity (Wildman–Crippen MR) is 64.7 cm³/mol. The van der Waals surface area contributed by atoms with Gasteiger partial charge < -0.3 is 10.0 Å². The largest absolute Gasteiger partial charge is 0.480 e. The molecule has 17 heavy (non-hydrogen) atoms. The summed E-state index contributed by atoms with van der Waals surface area (Å²) in [6.07, 6.45) is 5.75. The van der Waals surface area contributed by atoms with E-state index in [4.69, 9.17) is 5.11 Å². The number of hydrogen-bond donors (Lipinski definition) is 2. The van der Waals surface area contributed by atoms with E-state index in [-0.39, 0.29) is 12.5 Å². The molecule has 0 spiro atoms. The predicted octanol–water partition coefficient (Wildman–Crippen LogP) is 0.840. The van der Waals surface area contributed by atoms with Gasteiger partial charge in [0.25, 0.3) is 0 Å². The summed E-state index contributed by atoms with van der Waals surface area (Å²) in [5.74, 6) is -0.955. The lowest BCUT2D eigenvalue weighted by atomic mass is 9.94. The molecule has 98 valence electrons. The van der Waals surface area contributed by atoms with Crippen molar-refractivity contribution in [2.45, 2.75) is 51.1 Å². The van der Waals surface area contributed by atoms with Crippen LogP contribution in [0.1, 0.15) is 39.0 Å². The van der Waals surface area contributed by atoms with Gasteiger partial charge in [-0.2, -0.15) is 0 Å². The SMILES string of the molecule is C[C@H](NCC(=O)N(C)C1CCCCC1)C(=O)O. The van der Waals surface area contributed by atoms with Crippen molar-refractivity contribution >= 4 is 11.9 Å². The van der Waals surface area contributed by atoms with Crippen LogP contribution in [-0.2, 0) is 9.59 Å². The quantitative estimate of drug-likeness (QED) is 0.749. The fourth-order valence-corrected chi connectivity index (χ4v) is 2.12. The summed E-state index contributed by atoms with van der Waals surface area (Å²) in [5, 5.41) is 11.4. The van der Waals surface area contributed by atoms with Gasteiger partial charge in [-0.05, 0) is 19.8 Å². The van der Waals surface area contributed by atoms with Crippen LogP contribution in [0.25, 0.3) is 0 Å². The average Bonchev–Trinajstić information content (AvgIpc) is 2.35. The zero-order valence-corrected chi connectivity index (χ0v) is 10.6. The Morgan fingerprint density at radius 2 is 1.94 bits per heavy atom. The summed E-state index contributed by atoms with van der Waals surface area (Å²) in [4.78, 5) is 24.2. The molecule has 0 aromatic heterocycles. The van der Waals surface area contributed by atoms with Crippen LogP contribution in [-0.4, -0.2) is 47.6 Å².